The molecule has 1 saturated carbocycles. The Morgan fingerprint density at radius 1 is 1.32 bits per heavy atom. The standard InChI is InChI=1S/C14H24N4O3.ClH/c1-15-8-9-17(2)11(19)10-18-12(20)14(16-13(18)21)6-4-3-5-7-14;/h15H,3-10H2,1-2H3,(H,16,21);1H. The lowest BCUT2D eigenvalue weighted by atomic mass is 9.82. The van der Waals surface area contributed by atoms with Gasteiger partial charge in [0.15, 0.2) is 0 Å². The lowest BCUT2D eigenvalue weighted by Crippen LogP contribution is -2.49. The van der Waals surface area contributed by atoms with E-state index in [1.165, 1.54) is 4.90 Å². The molecular weight excluding hydrogens is 308 g/mol. The molecule has 0 bridgehead atoms. The van der Waals surface area contributed by atoms with Gasteiger partial charge in [0, 0.05) is 20.1 Å². The number of hydrogen-bond acceptors (Lipinski definition) is 4. The molecule has 2 N–H and O–H groups in total. The van der Waals surface area contributed by atoms with Gasteiger partial charge in [0.2, 0.25) is 5.91 Å². The number of halogens is 1. The van der Waals surface area contributed by atoms with E-state index in [0.717, 1.165) is 24.2 Å². The Hall–Kier alpha value is -1.34. The smallest absolute Gasteiger partial charge is 0.325 e. The first-order valence-electron chi connectivity index (χ1n) is 7.53. The molecule has 0 atom stereocenters. The normalized spacial score (nSPS) is 19.8. The third-order valence-electron chi connectivity index (χ3n) is 4.37. The summed E-state index contributed by atoms with van der Waals surface area (Å²) >= 11 is 0. The highest BCUT2D eigenvalue weighted by Crippen LogP contribution is 2.33. The summed E-state index contributed by atoms with van der Waals surface area (Å²) in [6.07, 6.45) is 4.33. The number of rotatable bonds is 5. The third-order valence-corrected chi connectivity index (χ3v) is 4.37. The summed E-state index contributed by atoms with van der Waals surface area (Å²) in [5, 5.41) is 5.77. The molecule has 4 amide bonds. The molecule has 0 radical (unpaired) electrons. The van der Waals surface area contributed by atoms with E-state index in [2.05, 4.69) is 10.6 Å². The number of carbonyl (C=O) groups is 3. The van der Waals surface area contributed by atoms with Crippen LogP contribution in [0.1, 0.15) is 32.1 Å². The number of nitrogens with one attached hydrogen (secondary N) is 2. The van der Waals surface area contributed by atoms with Gasteiger partial charge in [-0.15, -0.1) is 12.4 Å². The number of imide groups is 1. The molecule has 1 aliphatic carbocycles. The van der Waals surface area contributed by atoms with Crippen LogP contribution in [0.5, 0.6) is 0 Å². The van der Waals surface area contributed by atoms with Crippen LogP contribution < -0.4 is 10.6 Å². The van der Waals surface area contributed by atoms with E-state index in [1.807, 2.05) is 7.05 Å². The molecule has 2 fully saturated rings. The summed E-state index contributed by atoms with van der Waals surface area (Å²) < 4.78 is 0. The van der Waals surface area contributed by atoms with Crippen LogP contribution in [0.2, 0.25) is 0 Å². The van der Waals surface area contributed by atoms with E-state index in [9.17, 15) is 14.4 Å². The first-order chi connectivity index (χ1) is 10.00. The fraction of sp³-hybridized carbons (Fsp3) is 0.786. The molecule has 22 heavy (non-hydrogen) atoms. The Bertz CT molecular complexity index is 438. The zero-order valence-electron chi connectivity index (χ0n) is 13.2. The van der Waals surface area contributed by atoms with Crippen molar-refractivity contribution in [2.75, 3.05) is 33.7 Å². The number of carbonyl (C=O) groups excluding carboxylic acids is 3. The van der Waals surface area contributed by atoms with Crippen molar-refractivity contribution in [1.29, 1.82) is 0 Å². The van der Waals surface area contributed by atoms with Gasteiger partial charge in [0.1, 0.15) is 12.1 Å². The summed E-state index contributed by atoms with van der Waals surface area (Å²) in [4.78, 5) is 39.3. The van der Waals surface area contributed by atoms with E-state index in [4.69, 9.17) is 0 Å². The molecule has 0 aromatic carbocycles. The van der Waals surface area contributed by atoms with Gasteiger partial charge in [0.05, 0.1) is 0 Å². The molecule has 0 aromatic heterocycles. The minimum Gasteiger partial charge on any atom is -0.343 e. The second-order valence-electron chi connectivity index (χ2n) is 5.88. The number of urea groups is 1. The van der Waals surface area contributed by atoms with Crippen molar-refractivity contribution in [3.05, 3.63) is 0 Å². The van der Waals surface area contributed by atoms with E-state index in [1.54, 1.807) is 7.05 Å². The van der Waals surface area contributed by atoms with Crippen molar-refractivity contribution >= 4 is 30.3 Å². The Balaban J connectivity index is 0.00000242. The van der Waals surface area contributed by atoms with Gasteiger partial charge >= 0.3 is 6.03 Å². The van der Waals surface area contributed by atoms with Crippen LogP contribution in [0.15, 0.2) is 0 Å². The van der Waals surface area contributed by atoms with E-state index in [-0.39, 0.29) is 30.8 Å². The number of amides is 4. The zero-order chi connectivity index (χ0) is 15.5. The van der Waals surface area contributed by atoms with Gasteiger partial charge in [-0.25, -0.2) is 4.79 Å². The molecule has 126 valence electrons. The Morgan fingerprint density at radius 2 is 1.95 bits per heavy atom. The molecule has 1 spiro atoms. The van der Waals surface area contributed by atoms with Crippen molar-refractivity contribution in [2.24, 2.45) is 0 Å². The Kier molecular flexibility index (Phi) is 6.62. The third kappa shape index (κ3) is 3.70. The second-order valence-corrected chi connectivity index (χ2v) is 5.88. The van der Waals surface area contributed by atoms with Gasteiger partial charge in [-0.1, -0.05) is 19.3 Å². The quantitative estimate of drug-likeness (QED) is 0.711. The van der Waals surface area contributed by atoms with Crippen molar-refractivity contribution in [1.82, 2.24) is 20.4 Å². The monoisotopic (exact) mass is 332 g/mol. The largest absolute Gasteiger partial charge is 0.343 e. The molecule has 0 unspecified atom stereocenters. The van der Waals surface area contributed by atoms with Gasteiger partial charge < -0.3 is 15.5 Å². The first-order valence-corrected chi connectivity index (χ1v) is 7.53. The van der Waals surface area contributed by atoms with E-state index >= 15 is 0 Å². The Labute approximate surface area is 137 Å². The molecule has 0 aromatic rings. The van der Waals surface area contributed by atoms with Crippen LogP contribution in [0.25, 0.3) is 0 Å². The molecule has 7 nitrogen and oxygen atoms in total. The van der Waals surface area contributed by atoms with E-state index < -0.39 is 11.6 Å². The lowest BCUT2D eigenvalue weighted by molar-refractivity contribution is -0.138. The fourth-order valence-electron chi connectivity index (χ4n) is 2.97. The highest BCUT2D eigenvalue weighted by Gasteiger charge is 2.51. The molecular formula is C14H25ClN4O3. The van der Waals surface area contributed by atoms with Crippen LogP contribution in [0, 0.1) is 0 Å². The van der Waals surface area contributed by atoms with E-state index in [0.29, 0.717) is 25.9 Å². The minimum absolute atomic E-state index is 0. The second kappa shape index (κ2) is 7.78. The lowest BCUT2D eigenvalue weighted by Gasteiger charge is -2.30. The molecule has 1 saturated heterocycles. The van der Waals surface area contributed by atoms with Crippen LogP contribution in [-0.4, -0.2) is 66.9 Å². The molecule has 1 aliphatic heterocycles. The van der Waals surface area contributed by atoms with Crippen LogP contribution >= 0.6 is 12.4 Å². The topological polar surface area (TPSA) is 81.8 Å². The number of hydrogen-bond donors (Lipinski definition) is 2. The highest BCUT2D eigenvalue weighted by atomic mass is 35.5. The molecule has 2 aliphatic rings. The van der Waals surface area contributed by atoms with Crippen molar-refractivity contribution in [3.8, 4) is 0 Å². The van der Waals surface area contributed by atoms with Crippen LogP contribution in [0.3, 0.4) is 0 Å². The van der Waals surface area contributed by atoms with Crippen molar-refractivity contribution < 1.29 is 14.4 Å². The SMILES string of the molecule is CNCCN(C)C(=O)CN1C(=O)NC2(CCCCC2)C1=O.Cl. The maximum atomic E-state index is 12.5. The van der Waals surface area contributed by atoms with Crippen molar-refractivity contribution in [2.45, 2.75) is 37.6 Å². The number of nitrogens with zero attached hydrogens (tertiary/aromatic N) is 2. The average molecular weight is 333 g/mol. The first kappa shape index (κ1) is 18.7. The average Bonchev–Trinajstić information content (AvgIpc) is 2.69. The van der Waals surface area contributed by atoms with Gasteiger partial charge in [-0.05, 0) is 19.9 Å². The van der Waals surface area contributed by atoms with Crippen LogP contribution in [-0.2, 0) is 9.59 Å². The molecule has 8 heteroatoms. The summed E-state index contributed by atoms with van der Waals surface area (Å²) in [5.74, 6) is -0.454. The van der Waals surface area contributed by atoms with Gasteiger partial charge in [-0.2, -0.15) is 0 Å². The van der Waals surface area contributed by atoms with Gasteiger partial charge in [0.25, 0.3) is 5.91 Å². The predicted molar refractivity (Wildman–Crippen MR) is 84.9 cm³/mol. The summed E-state index contributed by atoms with van der Waals surface area (Å²) in [6, 6.07) is -0.433. The summed E-state index contributed by atoms with van der Waals surface area (Å²) in [5.41, 5.74) is -0.751. The van der Waals surface area contributed by atoms with Crippen LogP contribution in [0.4, 0.5) is 4.79 Å². The fourth-order valence-corrected chi connectivity index (χ4v) is 2.97. The molecule has 2 rings (SSSR count). The maximum Gasteiger partial charge on any atom is 0.325 e. The number of likely N-dealkylation sites (N-methyl/N-ethyl adjacent to an activating group) is 2. The summed E-state index contributed by atoms with van der Waals surface area (Å²) in [7, 11) is 3.48. The van der Waals surface area contributed by atoms with Crippen molar-refractivity contribution in [3.63, 3.8) is 0 Å². The van der Waals surface area contributed by atoms with Gasteiger partial charge in [-0.3, -0.25) is 14.5 Å². The highest BCUT2D eigenvalue weighted by molar-refractivity contribution is 6.09. The maximum absolute atomic E-state index is 12.5. The summed E-state index contributed by atoms with van der Waals surface area (Å²) in [6.45, 7) is 1.04. The minimum atomic E-state index is -0.751. The zero-order valence-corrected chi connectivity index (χ0v) is 14.0. The molecule has 1 heterocycles. The predicted octanol–water partition coefficient (Wildman–Crippen LogP) is 0.341. The Morgan fingerprint density at radius 3 is 2.55 bits per heavy atom.